The van der Waals surface area contributed by atoms with E-state index in [9.17, 15) is 14.0 Å². The lowest BCUT2D eigenvalue weighted by Gasteiger charge is -2.15. The van der Waals surface area contributed by atoms with Crippen LogP contribution in [0.25, 0.3) is 11.1 Å². The van der Waals surface area contributed by atoms with Crippen LogP contribution in [-0.2, 0) is 25.5 Å². The first-order valence-electron chi connectivity index (χ1n) is 10.5. The Kier molecular flexibility index (Phi) is 6.99. The summed E-state index contributed by atoms with van der Waals surface area (Å²) in [5, 5.41) is 5.90. The van der Waals surface area contributed by atoms with Gasteiger partial charge in [-0.15, -0.1) is 0 Å². The molecule has 2 saturated heterocycles. The molecule has 1 atom stereocenters. The molecule has 170 valence electrons. The van der Waals surface area contributed by atoms with Gasteiger partial charge >= 0.3 is 6.09 Å². The second-order valence-electron chi connectivity index (χ2n) is 7.72. The van der Waals surface area contributed by atoms with E-state index in [1.54, 1.807) is 12.1 Å². The second kappa shape index (κ2) is 10.1. The van der Waals surface area contributed by atoms with Gasteiger partial charge in [0.15, 0.2) is 6.29 Å². The Bertz CT molecular complexity index is 963. The number of halogens is 1. The highest BCUT2D eigenvalue weighted by atomic mass is 19.1. The minimum absolute atomic E-state index is 0.199. The summed E-state index contributed by atoms with van der Waals surface area (Å²) in [6, 6.07) is 12.3. The maximum absolute atomic E-state index is 14.9. The monoisotopic (exact) mass is 443 g/mol. The van der Waals surface area contributed by atoms with Crippen LogP contribution in [0.1, 0.15) is 12.5 Å². The fourth-order valence-corrected chi connectivity index (χ4v) is 3.66. The zero-order valence-electron chi connectivity index (χ0n) is 17.8. The summed E-state index contributed by atoms with van der Waals surface area (Å²) >= 11 is 0. The van der Waals surface area contributed by atoms with E-state index in [0.29, 0.717) is 37.6 Å². The van der Waals surface area contributed by atoms with Gasteiger partial charge in [0, 0.05) is 25.6 Å². The summed E-state index contributed by atoms with van der Waals surface area (Å²) in [5.74, 6) is -0.629. The Labute approximate surface area is 185 Å². The molecule has 2 amide bonds. The average molecular weight is 443 g/mol. The largest absolute Gasteiger partial charge is 0.442 e. The first-order chi connectivity index (χ1) is 15.5. The number of benzene rings is 2. The van der Waals surface area contributed by atoms with E-state index in [-0.39, 0.29) is 25.3 Å². The van der Waals surface area contributed by atoms with Crippen molar-refractivity contribution in [2.75, 3.05) is 37.7 Å². The molecule has 0 aliphatic carbocycles. The standard InChI is InChI=1S/C23H26FN3O5/c1-15(28)26-12-19-14-27(23(29)32-19)18-6-7-20(21(24)10-18)17-4-2-16(3-5-17)11-25-13-22-30-8-9-31-22/h2-7,10,19,22,25H,8-9,11-14H2,1H3,(H,26,28). The Balaban J connectivity index is 1.36. The van der Waals surface area contributed by atoms with Crippen LogP contribution in [0.2, 0.25) is 0 Å². The van der Waals surface area contributed by atoms with E-state index in [1.165, 1.54) is 17.9 Å². The number of nitrogens with zero attached hydrogens (tertiary/aromatic N) is 1. The SMILES string of the molecule is CC(=O)NCC1CN(c2ccc(-c3ccc(CNCC4OCCO4)cc3)c(F)c2)C(=O)O1. The first kappa shape index (κ1) is 22.2. The molecular weight excluding hydrogens is 417 g/mol. The number of ether oxygens (including phenoxy) is 3. The van der Waals surface area contributed by atoms with Gasteiger partial charge in [0.2, 0.25) is 5.91 Å². The molecule has 0 aromatic heterocycles. The number of anilines is 1. The van der Waals surface area contributed by atoms with Gasteiger partial charge in [-0.3, -0.25) is 9.69 Å². The molecule has 9 heteroatoms. The Hall–Kier alpha value is -3.01. The molecule has 0 saturated carbocycles. The summed E-state index contributed by atoms with van der Waals surface area (Å²) < 4.78 is 30.9. The molecule has 4 rings (SSSR count). The fourth-order valence-electron chi connectivity index (χ4n) is 3.66. The number of hydrogen-bond donors (Lipinski definition) is 2. The predicted molar refractivity (Wildman–Crippen MR) is 116 cm³/mol. The third kappa shape index (κ3) is 5.42. The first-order valence-corrected chi connectivity index (χ1v) is 10.5. The number of amides is 2. The summed E-state index contributed by atoms with van der Waals surface area (Å²) in [6.45, 7) is 4.39. The van der Waals surface area contributed by atoms with Crippen molar-refractivity contribution >= 4 is 17.7 Å². The molecule has 2 fully saturated rings. The molecule has 2 aliphatic rings. The van der Waals surface area contributed by atoms with Crippen molar-refractivity contribution in [3.63, 3.8) is 0 Å². The Morgan fingerprint density at radius 1 is 1.12 bits per heavy atom. The fraction of sp³-hybridized carbons (Fsp3) is 0.391. The molecule has 2 aromatic carbocycles. The van der Waals surface area contributed by atoms with Crippen molar-refractivity contribution in [3.05, 3.63) is 53.8 Å². The molecule has 8 nitrogen and oxygen atoms in total. The van der Waals surface area contributed by atoms with Crippen molar-refractivity contribution in [2.45, 2.75) is 25.9 Å². The number of nitrogens with one attached hydrogen (secondary N) is 2. The molecule has 2 N–H and O–H groups in total. The number of carbonyl (C=O) groups excluding carboxylic acids is 2. The molecule has 2 aromatic rings. The maximum Gasteiger partial charge on any atom is 0.414 e. The van der Waals surface area contributed by atoms with E-state index in [0.717, 1.165) is 11.1 Å². The minimum Gasteiger partial charge on any atom is -0.442 e. The second-order valence-corrected chi connectivity index (χ2v) is 7.72. The van der Waals surface area contributed by atoms with Gasteiger partial charge in [-0.1, -0.05) is 24.3 Å². The Morgan fingerprint density at radius 3 is 2.56 bits per heavy atom. The lowest BCUT2D eigenvalue weighted by atomic mass is 10.0. The lowest BCUT2D eigenvalue weighted by molar-refractivity contribution is -0.119. The quantitative estimate of drug-likeness (QED) is 0.652. The molecule has 0 spiro atoms. The zero-order chi connectivity index (χ0) is 22.5. The van der Waals surface area contributed by atoms with Crippen LogP contribution in [-0.4, -0.2) is 57.2 Å². The van der Waals surface area contributed by atoms with Gasteiger partial charge < -0.3 is 24.8 Å². The zero-order valence-corrected chi connectivity index (χ0v) is 17.8. The number of cyclic esters (lactones) is 1. The topological polar surface area (TPSA) is 89.1 Å². The van der Waals surface area contributed by atoms with Gasteiger partial charge in [-0.05, 0) is 29.3 Å². The highest BCUT2D eigenvalue weighted by molar-refractivity contribution is 5.90. The average Bonchev–Trinajstić information content (AvgIpc) is 3.42. The molecule has 32 heavy (non-hydrogen) atoms. The number of rotatable bonds is 8. The van der Waals surface area contributed by atoms with Gasteiger partial charge in [0.25, 0.3) is 0 Å². The summed E-state index contributed by atoms with van der Waals surface area (Å²) in [5.41, 5.74) is 2.67. The van der Waals surface area contributed by atoms with Crippen LogP contribution < -0.4 is 15.5 Å². The third-order valence-corrected chi connectivity index (χ3v) is 5.31. The van der Waals surface area contributed by atoms with E-state index in [1.807, 2.05) is 24.3 Å². The van der Waals surface area contributed by atoms with Crippen molar-refractivity contribution < 1.29 is 28.2 Å². The predicted octanol–water partition coefficient (Wildman–Crippen LogP) is 2.42. The van der Waals surface area contributed by atoms with Crippen LogP contribution in [0.4, 0.5) is 14.9 Å². The van der Waals surface area contributed by atoms with Gasteiger partial charge in [0.05, 0.1) is 32.0 Å². The molecule has 1 unspecified atom stereocenters. The van der Waals surface area contributed by atoms with Crippen LogP contribution in [0.3, 0.4) is 0 Å². The van der Waals surface area contributed by atoms with Crippen molar-refractivity contribution in [1.82, 2.24) is 10.6 Å². The summed E-state index contributed by atoms with van der Waals surface area (Å²) in [7, 11) is 0. The number of carbonyl (C=O) groups is 2. The van der Waals surface area contributed by atoms with Crippen molar-refractivity contribution in [2.24, 2.45) is 0 Å². The molecule has 2 heterocycles. The highest BCUT2D eigenvalue weighted by Crippen LogP contribution is 2.29. The maximum atomic E-state index is 14.9. The van der Waals surface area contributed by atoms with Crippen LogP contribution in [0.5, 0.6) is 0 Å². The summed E-state index contributed by atoms with van der Waals surface area (Å²) in [4.78, 5) is 24.6. The lowest BCUT2D eigenvalue weighted by Crippen LogP contribution is -2.33. The molecule has 0 bridgehead atoms. The molecular formula is C23H26FN3O5. The smallest absolute Gasteiger partial charge is 0.414 e. The van der Waals surface area contributed by atoms with Crippen LogP contribution in [0.15, 0.2) is 42.5 Å². The van der Waals surface area contributed by atoms with Gasteiger partial charge in [-0.25, -0.2) is 9.18 Å². The van der Waals surface area contributed by atoms with Crippen LogP contribution in [0, 0.1) is 5.82 Å². The molecule has 2 aliphatic heterocycles. The van der Waals surface area contributed by atoms with E-state index >= 15 is 0 Å². The Morgan fingerprint density at radius 2 is 1.88 bits per heavy atom. The molecule has 0 radical (unpaired) electrons. The van der Waals surface area contributed by atoms with Gasteiger partial charge in [0.1, 0.15) is 11.9 Å². The van der Waals surface area contributed by atoms with Crippen molar-refractivity contribution in [3.8, 4) is 11.1 Å². The minimum atomic E-state index is -0.558. The van der Waals surface area contributed by atoms with E-state index < -0.39 is 18.0 Å². The van der Waals surface area contributed by atoms with E-state index in [4.69, 9.17) is 14.2 Å². The normalized spacial score (nSPS) is 18.8. The van der Waals surface area contributed by atoms with Crippen LogP contribution >= 0.6 is 0 Å². The number of hydrogen-bond acceptors (Lipinski definition) is 6. The van der Waals surface area contributed by atoms with Gasteiger partial charge in [-0.2, -0.15) is 0 Å². The van der Waals surface area contributed by atoms with E-state index in [2.05, 4.69) is 10.6 Å². The third-order valence-electron chi connectivity index (χ3n) is 5.31. The highest BCUT2D eigenvalue weighted by Gasteiger charge is 2.32. The summed E-state index contributed by atoms with van der Waals surface area (Å²) in [6.07, 6.45) is -1.23. The van der Waals surface area contributed by atoms with Crippen molar-refractivity contribution in [1.29, 1.82) is 0 Å².